The monoisotopic (exact) mass is 392 g/mol. The second-order valence-electron chi connectivity index (χ2n) is 6.59. The van der Waals surface area contributed by atoms with Gasteiger partial charge in [0, 0.05) is 6.54 Å². The van der Waals surface area contributed by atoms with Crippen molar-refractivity contribution in [3.63, 3.8) is 0 Å². The highest BCUT2D eigenvalue weighted by molar-refractivity contribution is 7.92. The van der Waals surface area contributed by atoms with E-state index in [1.54, 1.807) is 36.4 Å². The molecule has 5 heteroatoms. The Morgan fingerprint density at radius 3 is 2.25 bits per heavy atom. The summed E-state index contributed by atoms with van der Waals surface area (Å²) in [5.74, 6) is 0. The van der Waals surface area contributed by atoms with Crippen LogP contribution >= 0.6 is 0 Å². The van der Waals surface area contributed by atoms with Gasteiger partial charge in [-0.3, -0.25) is 4.72 Å². The Kier molecular flexibility index (Phi) is 6.29. The fourth-order valence-corrected chi connectivity index (χ4v) is 4.01. The highest BCUT2D eigenvalue weighted by Gasteiger charge is 2.18. The number of sulfonamides is 1. The SMILES string of the molecule is C=C[C@H](NCc1ccccc1)c1ccccc1NS(=O)(=O)c1ccc(C)cc1. The molecular formula is C23H24N2O2S. The van der Waals surface area contributed by atoms with E-state index in [-0.39, 0.29) is 10.9 Å². The number of aryl methyl sites for hydroxylation is 1. The van der Waals surface area contributed by atoms with E-state index in [4.69, 9.17) is 0 Å². The summed E-state index contributed by atoms with van der Waals surface area (Å²) in [5.41, 5.74) is 3.51. The van der Waals surface area contributed by atoms with Gasteiger partial charge in [0.15, 0.2) is 0 Å². The third-order valence-corrected chi connectivity index (χ3v) is 5.86. The van der Waals surface area contributed by atoms with Gasteiger partial charge < -0.3 is 5.32 Å². The van der Waals surface area contributed by atoms with Crippen molar-refractivity contribution in [2.75, 3.05) is 4.72 Å². The first-order valence-corrected chi connectivity index (χ1v) is 10.6. The zero-order valence-corrected chi connectivity index (χ0v) is 16.6. The van der Waals surface area contributed by atoms with Crippen LogP contribution in [0, 0.1) is 6.92 Å². The number of hydrogen-bond donors (Lipinski definition) is 2. The minimum atomic E-state index is -3.67. The minimum Gasteiger partial charge on any atom is -0.303 e. The zero-order chi connectivity index (χ0) is 20.0. The molecular weight excluding hydrogens is 368 g/mol. The standard InChI is InChI=1S/C23H24N2O2S/c1-3-22(24-17-19-9-5-4-6-10-19)21-11-7-8-12-23(21)25-28(26,27)20-15-13-18(2)14-16-20/h3-16,22,24-25H,1,17H2,2H3/t22-/m0/s1. The molecule has 3 aromatic rings. The third-order valence-electron chi connectivity index (χ3n) is 4.48. The normalized spacial score (nSPS) is 12.3. The van der Waals surface area contributed by atoms with Crippen molar-refractivity contribution in [3.8, 4) is 0 Å². The van der Waals surface area contributed by atoms with Crippen molar-refractivity contribution in [2.45, 2.75) is 24.4 Å². The fourth-order valence-electron chi connectivity index (χ4n) is 2.93. The molecule has 0 aliphatic heterocycles. The molecule has 144 valence electrons. The maximum atomic E-state index is 12.8. The molecule has 0 fully saturated rings. The molecule has 0 aliphatic carbocycles. The molecule has 0 aliphatic rings. The first-order valence-electron chi connectivity index (χ1n) is 9.08. The summed E-state index contributed by atoms with van der Waals surface area (Å²) in [5, 5.41) is 3.42. The van der Waals surface area contributed by atoms with E-state index in [2.05, 4.69) is 16.6 Å². The van der Waals surface area contributed by atoms with Crippen molar-refractivity contribution in [1.82, 2.24) is 5.32 Å². The smallest absolute Gasteiger partial charge is 0.261 e. The molecule has 0 saturated carbocycles. The molecule has 0 saturated heterocycles. The van der Waals surface area contributed by atoms with Crippen LogP contribution in [-0.2, 0) is 16.6 Å². The fraction of sp³-hybridized carbons (Fsp3) is 0.130. The van der Waals surface area contributed by atoms with Gasteiger partial charge in [-0.05, 0) is 36.2 Å². The number of para-hydroxylation sites is 1. The van der Waals surface area contributed by atoms with E-state index in [0.29, 0.717) is 12.2 Å². The first kappa shape index (κ1) is 19.9. The zero-order valence-electron chi connectivity index (χ0n) is 15.8. The first-order chi connectivity index (χ1) is 13.5. The Hall–Kier alpha value is -2.89. The molecule has 4 nitrogen and oxygen atoms in total. The van der Waals surface area contributed by atoms with Crippen LogP contribution in [0.25, 0.3) is 0 Å². The Balaban J connectivity index is 1.83. The maximum Gasteiger partial charge on any atom is 0.261 e. The molecule has 3 rings (SSSR count). The Morgan fingerprint density at radius 1 is 0.929 bits per heavy atom. The van der Waals surface area contributed by atoms with E-state index < -0.39 is 10.0 Å². The third kappa shape index (κ3) is 4.88. The van der Waals surface area contributed by atoms with Gasteiger partial charge in [0.2, 0.25) is 0 Å². The molecule has 0 heterocycles. The second-order valence-corrected chi connectivity index (χ2v) is 8.27. The molecule has 0 amide bonds. The van der Waals surface area contributed by atoms with Crippen LogP contribution in [-0.4, -0.2) is 8.42 Å². The summed E-state index contributed by atoms with van der Waals surface area (Å²) < 4.78 is 28.3. The van der Waals surface area contributed by atoms with Gasteiger partial charge in [-0.25, -0.2) is 8.42 Å². The molecule has 0 unspecified atom stereocenters. The Morgan fingerprint density at radius 2 is 1.57 bits per heavy atom. The highest BCUT2D eigenvalue weighted by atomic mass is 32.2. The Labute approximate surface area is 167 Å². The predicted molar refractivity (Wildman–Crippen MR) is 115 cm³/mol. The van der Waals surface area contributed by atoms with Crippen LogP contribution in [0.15, 0.2) is 96.4 Å². The largest absolute Gasteiger partial charge is 0.303 e. The van der Waals surface area contributed by atoms with Gasteiger partial charge in [-0.2, -0.15) is 0 Å². The lowest BCUT2D eigenvalue weighted by molar-refractivity contribution is 0.600. The molecule has 0 aromatic heterocycles. The quantitative estimate of drug-likeness (QED) is 0.541. The summed E-state index contributed by atoms with van der Waals surface area (Å²) >= 11 is 0. The van der Waals surface area contributed by atoms with E-state index in [9.17, 15) is 8.42 Å². The minimum absolute atomic E-state index is 0.197. The average molecular weight is 393 g/mol. The topological polar surface area (TPSA) is 58.2 Å². The summed E-state index contributed by atoms with van der Waals surface area (Å²) in [6.45, 7) is 6.49. The summed E-state index contributed by atoms with van der Waals surface area (Å²) in [6, 6.07) is 24.0. The molecule has 2 N–H and O–H groups in total. The molecule has 0 spiro atoms. The van der Waals surface area contributed by atoms with Crippen LogP contribution in [0.4, 0.5) is 5.69 Å². The number of benzene rings is 3. The lowest BCUT2D eigenvalue weighted by Gasteiger charge is -2.20. The summed E-state index contributed by atoms with van der Waals surface area (Å²) in [6.07, 6.45) is 1.78. The molecule has 0 radical (unpaired) electrons. The van der Waals surface area contributed by atoms with Crippen molar-refractivity contribution in [2.24, 2.45) is 0 Å². The Bertz CT molecular complexity index is 1030. The van der Waals surface area contributed by atoms with Gasteiger partial charge >= 0.3 is 0 Å². The van der Waals surface area contributed by atoms with Crippen molar-refractivity contribution >= 4 is 15.7 Å². The van der Waals surface area contributed by atoms with Gasteiger partial charge in [-0.15, -0.1) is 6.58 Å². The number of nitrogens with one attached hydrogen (secondary N) is 2. The number of hydrogen-bond acceptors (Lipinski definition) is 3. The highest BCUT2D eigenvalue weighted by Crippen LogP contribution is 2.26. The second kappa shape index (κ2) is 8.87. The lowest BCUT2D eigenvalue weighted by atomic mass is 10.0. The van der Waals surface area contributed by atoms with Crippen LogP contribution in [0.2, 0.25) is 0 Å². The van der Waals surface area contributed by atoms with E-state index in [1.165, 1.54) is 0 Å². The summed E-state index contributed by atoms with van der Waals surface area (Å²) in [7, 11) is -3.67. The van der Waals surface area contributed by atoms with Gasteiger partial charge in [0.1, 0.15) is 0 Å². The average Bonchev–Trinajstić information content (AvgIpc) is 2.70. The lowest BCUT2D eigenvalue weighted by Crippen LogP contribution is -2.21. The van der Waals surface area contributed by atoms with E-state index in [1.807, 2.05) is 55.5 Å². The van der Waals surface area contributed by atoms with Crippen molar-refractivity contribution in [1.29, 1.82) is 0 Å². The van der Waals surface area contributed by atoms with Crippen LogP contribution in [0.5, 0.6) is 0 Å². The van der Waals surface area contributed by atoms with Gasteiger partial charge in [-0.1, -0.05) is 72.3 Å². The predicted octanol–water partition coefficient (Wildman–Crippen LogP) is 4.81. The molecule has 1 atom stereocenters. The van der Waals surface area contributed by atoms with Crippen molar-refractivity contribution in [3.05, 3.63) is 108 Å². The van der Waals surface area contributed by atoms with Crippen molar-refractivity contribution < 1.29 is 8.42 Å². The van der Waals surface area contributed by atoms with Crippen LogP contribution in [0.3, 0.4) is 0 Å². The maximum absolute atomic E-state index is 12.8. The number of rotatable bonds is 8. The van der Waals surface area contributed by atoms with E-state index >= 15 is 0 Å². The molecule has 3 aromatic carbocycles. The van der Waals surface area contributed by atoms with E-state index in [0.717, 1.165) is 16.7 Å². The van der Waals surface area contributed by atoms with Crippen LogP contribution in [0.1, 0.15) is 22.7 Å². The molecule has 0 bridgehead atoms. The van der Waals surface area contributed by atoms with Gasteiger partial charge in [0.25, 0.3) is 10.0 Å². The summed E-state index contributed by atoms with van der Waals surface area (Å²) in [4.78, 5) is 0.236. The molecule has 28 heavy (non-hydrogen) atoms. The van der Waals surface area contributed by atoms with Crippen LogP contribution < -0.4 is 10.0 Å². The number of anilines is 1. The van der Waals surface area contributed by atoms with Gasteiger partial charge in [0.05, 0.1) is 16.6 Å².